The Kier molecular flexibility index (Phi) is 4.96. The van der Waals surface area contributed by atoms with Gasteiger partial charge in [0.15, 0.2) is 5.16 Å². The zero-order valence-electron chi connectivity index (χ0n) is 13.5. The van der Waals surface area contributed by atoms with Gasteiger partial charge in [0.05, 0.1) is 0 Å². The maximum Gasteiger partial charge on any atom is 0.255 e. The van der Waals surface area contributed by atoms with E-state index in [1.54, 1.807) is 11.8 Å². The number of carbonyl (C=O) groups excluding carboxylic acids is 1. The lowest BCUT2D eigenvalue weighted by Gasteiger charge is -2.09. The number of aryl methyl sites for hydroxylation is 2. The maximum atomic E-state index is 12.4. The standard InChI is InChI=1S/C18H18N4OS/c1-12-3-8-16(13(2)9-12)21-17(23)15-6-4-14(5-7-15)10-24-18-19-11-20-22-18/h3-9,11H,10H2,1-2H3,(H,21,23)(H,19,20,22). The van der Waals surface area contributed by atoms with Gasteiger partial charge < -0.3 is 5.32 Å². The van der Waals surface area contributed by atoms with Gasteiger partial charge in [-0.2, -0.15) is 5.10 Å². The molecule has 122 valence electrons. The van der Waals surface area contributed by atoms with E-state index in [9.17, 15) is 4.79 Å². The van der Waals surface area contributed by atoms with Crippen LogP contribution in [0.4, 0.5) is 5.69 Å². The Morgan fingerprint density at radius 3 is 2.62 bits per heavy atom. The van der Waals surface area contributed by atoms with E-state index >= 15 is 0 Å². The van der Waals surface area contributed by atoms with Gasteiger partial charge in [0.25, 0.3) is 5.91 Å². The summed E-state index contributed by atoms with van der Waals surface area (Å²) in [6.07, 6.45) is 1.49. The number of anilines is 1. The van der Waals surface area contributed by atoms with Gasteiger partial charge in [-0.15, -0.1) is 0 Å². The highest BCUT2D eigenvalue weighted by atomic mass is 32.2. The van der Waals surface area contributed by atoms with Gasteiger partial charge in [-0.25, -0.2) is 4.98 Å². The number of carbonyl (C=O) groups is 1. The Labute approximate surface area is 144 Å². The van der Waals surface area contributed by atoms with Gasteiger partial charge in [-0.1, -0.05) is 41.6 Å². The topological polar surface area (TPSA) is 70.7 Å². The molecule has 0 fully saturated rings. The van der Waals surface area contributed by atoms with Crippen molar-refractivity contribution < 1.29 is 4.79 Å². The second-order valence-electron chi connectivity index (χ2n) is 5.55. The number of nitrogens with one attached hydrogen (secondary N) is 2. The highest BCUT2D eigenvalue weighted by Crippen LogP contribution is 2.20. The van der Waals surface area contributed by atoms with Crippen molar-refractivity contribution >= 4 is 23.4 Å². The summed E-state index contributed by atoms with van der Waals surface area (Å²) in [5.41, 5.74) is 4.85. The summed E-state index contributed by atoms with van der Waals surface area (Å²) in [6, 6.07) is 13.6. The number of hydrogen-bond donors (Lipinski definition) is 2. The number of amides is 1. The summed E-state index contributed by atoms with van der Waals surface area (Å²) < 4.78 is 0. The van der Waals surface area contributed by atoms with Crippen molar-refractivity contribution in [1.82, 2.24) is 15.2 Å². The number of thioether (sulfide) groups is 1. The largest absolute Gasteiger partial charge is 0.322 e. The third kappa shape index (κ3) is 4.02. The highest BCUT2D eigenvalue weighted by Gasteiger charge is 2.08. The van der Waals surface area contributed by atoms with E-state index in [-0.39, 0.29) is 5.91 Å². The molecule has 0 bridgehead atoms. The summed E-state index contributed by atoms with van der Waals surface area (Å²) in [4.78, 5) is 16.4. The van der Waals surface area contributed by atoms with E-state index in [1.807, 2.05) is 50.2 Å². The second kappa shape index (κ2) is 7.31. The molecule has 0 spiro atoms. The van der Waals surface area contributed by atoms with E-state index in [2.05, 4.69) is 26.6 Å². The molecule has 0 radical (unpaired) electrons. The fourth-order valence-corrected chi connectivity index (χ4v) is 3.05. The van der Waals surface area contributed by atoms with Crippen LogP contribution in [0.25, 0.3) is 0 Å². The molecule has 3 aromatic rings. The second-order valence-corrected chi connectivity index (χ2v) is 6.51. The van der Waals surface area contributed by atoms with E-state index < -0.39 is 0 Å². The monoisotopic (exact) mass is 338 g/mol. The van der Waals surface area contributed by atoms with Crippen molar-refractivity contribution in [2.24, 2.45) is 0 Å². The van der Waals surface area contributed by atoms with Gasteiger partial charge in [-0.3, -0.25) is 9.89 Å². The Bertz CT molecular complexity index is 829. The first-order chi connectivity index (χ1) is 11.6. The molecule has 2 aromatic carbocycles. The Morgan fingerprint density at radius 1 is 1.17 bits per heavy atom. The molecule has 3 rings (SSSR count). The summed E-state index contributed by atoms with van der Waals surface area (Å²) >= 11 is 1.57. The molecule has 24 heavy (non-hydrogen) atoms. The summed E-state index contributed by atoms with van der Waals surface area (Å²) in [6.45, 7) is 4.03. The van der Waals surface area contributed by atoms with Gasteiger partial charge in [-0.05, 0) is 43.2 Å². The van der Waals surface area contributed by atoms with Gasteiger partial charge >= 0.3 is 0 Å². The minimum atomic E-state index is -0.101. The molecular formula is C18H18N4OS. The van der Waals surface area contributed by atoms with Crippen LogP contribution in [0, 0.1) is 13.8 Å². The van der Waals surface area contributed by atoms with E-state index in [1.165, 1.54) is 11.9 Å². The van der Waals surface area contributed by atoms with Gasteiger partial charge in [0.2, 0.25) is 0 Å². The van der Waals surface area contributed by atoms with Crippen LogP contribution in [0.15, 0.2) is 53.9 Å². The lowest BCUT2D eigenvalue weighted by molar-refractivity contribution is 0.102. The Balaban J connectivity index is 1.63. The predicted octanol–water partition coefficient (Wildman–Crippen LogP) is 3.97. The third-order valence-electron chi connectivity index (χ3n) is 3.61. The van der Waals surface area contributed by atoms with E-state index in [0.29, 0.717) is 5.56 Å². The van der Waals surface area contributed by atoms with E-state index in [4.69, 9.17) is 0 Å². The van der Waals surface area contributed by atoms with E-state index in [0.717, 1.165) is 27.7 Å². The average Bonchev–Trinajstić information content (AvgIpc) is 3.09. The molecule has 2 N–H and O–H groups in total. The molecule has 0 unspecified atom stereocenters. The smallest absolute Gasteiger partial charge is 0.255 e. The summed E-state index contributed by atoms with van der Waals surface area (Å²) in [7, 11) is 0. The van der Waals surface area contributed by atoms with Gasteiger partial charge in [0, 0.05) is 17.0 Å². The summed E-state index contributed by atoms with van der Waals surface area (Å²) in [5, 5.41) is 10.4. The molecule has 0 saturated heterocycles. The third-order valence-corrected chi connectivity index (χ3v) is 4.56. The lowest BCUT2D eigenvalue weighted by Crippen LogP contribution is -2.12. The van der Waals surface area contributed by atoms with Crippen LogP contribution < -0.4 is 5.32 Å². The number of rotatable bonds is 5. The fourth-order valence-electron chi connectivity index (χ4n) is 2.32. The molecule has 1 amide bonds. The first kappa shape index (κ1) is 16.3. The SMILES string of the molecule is Cc1ccc(NC(=O)c2ccc(CSc3ncn[nH]3)cc2)c(C)c1. The van der Waals surface area contributed by atoms with Crippen LogP contribution in [0.3, 0.4) is 0 Å². The number of nitrogens with zero attached hydrogens (tertiary/aromatic N) is 2. The Hall–Kier alpha value is -2.60. The molecule has 5 nitrogen and oxygen atoms in total. The quantitative estimate of drug-likeness (QED) is 0.691. The predicted molar refractivity (Wildman–Crippen MR) is 96.3 cm³/mol. The van der Waals surface area contributed by atoms with Crippen molar-refractivity contribution in [1.29, 1.82) is 0 Å². The van der Waals surface area contributed by atoms with Crippen molar-refractivity contribution in [2.75, 3.05) is 5.32 Å². The molecule has 6 heteroatoms. The van der Waals surface area contributed by atoms with Crippen molar-refractivity contribution in [3.05, 3.63) is 71.0 Å². The van der Waals surface area contributed by atoms with Crippen LogP contribution in [0.5, 0.6) is 0 Å². The minimum absolute atomic E-state index is 0.101. The van der Waals surface area contributed by atoms with Crippen molar-refractivity contribution in [3.8, 4) is 0 Å². The number of hydrogen-bond acceptors (Lipinski definition) is 4. The molecule has 0 aliphatic rings. The number of H-pyrrole nitrogens is 1. The normalized spacial score (nSPS) is 10.6. The number of aromatic amines is 1. The first-order valence-corrected chi connectivity index (χ1v) is 8.56. The zero-order chi connectivity index (χ0) is 16.9. The molecular weight excluding hydrogens is 320 g/mol. The van der Waals surface area contributed by atoms with Gasteiger partial charge in [0.1, 0.15) is 6.33 Å². The molecule has 1 heterocycles. The lowest BCUT2D eigenvalue weighted by atomic mass is 10.1. The minimum Gasteiger partial charge on any atom is -0.322 e. The number of benzene rings is 2. The first-order valence-electron chi connectivity index (χ1n) is 7.57. The highest BCUT2D eigenvalue weighted by molar-refractivity contribution is 7.98. The average molecular weight is 338 g/mol. The molecule has 0 atom stereocenters. The number of aromatic nitrogens is 3. The van der Waals surface area contributed by atoms with Crippen LogP contribution in [-0.2, 0) is 5.75 Å². The van der Waals surface area contributed by atoms with Crippen LogP contribution in [0.1, 0.15) is 27.0 Å². The van der Waals surface area contributed by atoms with Crippen molar-refractivity contribution in [3.63, 3.8) is 0 Å². The zero-order valence-corrected chi connectivity index (χ0v) is 14.4. The van der Waals surface area contributed by atoms with Crippen molar-refractivity contribution in [2.45, 2.75) is 24.8 Å². The van der Waals surface area contributed by atoms with Crippen LogP contribution in [0.2, 0.25) is 0 Å². The molecule has 0 aliphatic heterocycles. The summed E-state index contributed by atoms with van der Waals surface area (Å²) in [5.74, 6) is 0.671. The fraction of sp³-hybridized carbons (Fsp3) is 0.167. The molecule has 0 aliphatic carbocycles. The maximum absolute atomic E-state index is 12.4. The Morgan fingerprint density at radius 2 is 1.96 bits per heavy atom. The molecule has 1 aromatic heterocycles. The van der Waals surface area contributed by atoms with Crippen LogP contribution >= 0.6 is 11.8 Å². The van der Waals surface area contributed by atoms with Crippen LogP contribution in [-0.4, -0.2) is 21.1 Å². The molecule has 0 saturated carbocycles.